The van der Waals surface area contributed by atoms with Crippen LogP contribution in [-0.2, 0) is 6.18 Å². The Hall–Kier alpha value is -0.640. The van der Waals surface area contributed by atoms with E-state index in [-0.39, 0.29) is 0 Å². The predicted molar refractivity (Wildman–Crippen MR) is 70.9 cm³/mol. The summed E-state index contributed by atoms with van der Waals surface area (Å²) in [6, 6.07) is 5.41. The van der Waals surface area contributed by atoms with E-state index in [9.17, 15) is 13.2 Å². The van der Waals surface area contributed by atoms with Crippen molar-refractivity contribution in [1.29, 1.82) is 0 Å². The summed E-state index contributed by atoms with van der Waals surface area (Å²) >= 11 is 1.63. The van der Waals surface area contributed by atoms with E-state index >= 15 is 0 Å². The SMILES string of the molecule is CCCCCCCSc1ccc(C(F)(F)F)cc1. The molecule has 0 amide bonds. The lowest BCUT2D eigenvalue weighted by Gasteiger charge is -2.07. The van der Waals surface area contributed by atoms with Crippen LogP contribution in [-0.4, -0.2) is 5.75 Å². The molecular weight excluding hydrogens is 257 g/mol. The molecule has 102 valence electrons. The second kappa shape index (κ2) is 7.72. The number of hydrogen-bond acceptors (Lipinski definition) is 1. The monoisotopic (exact) mass is 276 g/mol. The van der Waals surface area contributed by atoms with Gasteiger partial charge in [0.1, 0.15) is 0 Å². The summed E-state index contributed by atoms with van der Waals surface area (Å²) in [6.07, 6.45) is 1.86. The van der Waals surface area contributed by atoms with Crippen LogP contribution in [0.25, 0.3) is 0 Å². The molecule has 0 saturated heterocycles. The lowest BCUT2D eigenvalue weighted by molar-refractivity contribution is -0.137. The third-order valence-corrected chi connectivity index (χ3v) is 3.80. The molecule has 0 N–H and O–H groups in total. The maximum absolute atomic E-state index is 12.3. The van der Waals surface area contributed by atoms with Crippen LogP contribution < -0.4 is 0 Å². The maximum atomic E-state index is 12.3. The highest BCUT2D eigenvalue weighted by atomic mass is 32.2. The van der Waals surface area contributed by atoms with Gasteiger partial charge in [-0.05, 0) is 36.4 Å². The molecule has 4 heteroatoms. The van der Waals surface area contributed by atoms with Gasteiger partial charge in [-0.1, -0.05) is 32.6 Å². The largest absolute Gasteiger partial charge is 0.416 e. The molecule has 0 aliphatic carbocycles. The standard InChI is InChI=1S/C14H19F3S/c1-2-3-4-5-6-11-18-13-9-7-12(8-10-13)14(15,16)17/h7-10H,2-6,11H2,1H3. The van der Waals surface area contributed by atoms with Gasteiger partial charge in [0.2, 0.25) is 0 Å². The fourth-order valence-corrected chi connectivity index (χ4v) is 2.55. The van der Waals surface area contributed by atoms with Crippen molar-refractivity contribution in [2.75, 3.05) is 5.75 Å². The summed E-state index contributed by atoms with van der Waals surface area (Å²) in [5.41, 5.74) is -0.574. The van der Waals surface area contributed by atoms with Gasteiger partial charge in [0.05, 0.1) is 5.56 Å². The first kappa shape index (κ1) is 15.4. The quantitative estimate of drug-likeness (QED) is 0.450. The van der Waals surface area contributed by atoms with Crippen LogP contribution in [0.3, 0.4) is 0 Å². The molecule has 0 spiro atoms. The van der Waals surface area contributed by atoms with E-state index < -0.39 is 11.7 Å². The highest BCUT2D eigenvalue weighted by Crippen LogP contribution is 2.30. The minimum absolute atomic E-state index is 0.574. The van der Waals surface area contributed by atoms with E-state index in [1.54, 1.807) is 23.9 Å². The van der Waals surface area contributed by atoms with E-state index in [0.29, 0.717) is 0 Å². The number of alkyl halides is 3. The molecule has 0 unspecified atom stereocenters. The predicted octanol–water partition coefficient (Wildman–Crippen LogP) is 5.77. The third-order valence-electron chi connectivity index (χ3n) is 2.70. The Morgan fingerprint density at radius 2 is 1.56 bits per heavy atom. The average Bonchev–Trinajstić information content (AvgIpc) is 2.33. The van der Waals surface area contributed by atoms with E-state index in [2.05, 4.69) is 6.92 Å². The molecule has 0 nitrogen and oxygen atoms in total. The highest BCUT2D eigenvalue weighted by Gasteiger charge is 2.29. The molecule has 0 bridgehead atoms. The number of benzene rings is 1. The van der Waals surface area contributed by atoms with Gasteiger partial charge < -0.3 is 0 Å². The summed E-state index contributed by atoms with van der Waals surface area (Å²) in [5.74, 6) is 0.981. The Kier molecular flexibility index (Phi) is 6.61. The molecule has 1 aromatic carbocycles. The van der Waals surface area contributed by atoms with E-state index in [1.807, 2.05) is 0 Å². The second-order valence-electron chi connectivity index (χ2n) is 4.28. The maximum Gasteiger partial charge on any atom is 0.416 e. The fourth-order valence-electron chi connectivity index (χ4n) is 1.64. The van der Waals surface area contributed by atoms with Crippen LogP contribution in [0.4, 0.5) is 13.2 Å². The van der Waals surface area contributed by atoms with Crippen molar-refractivity contribution in [3.8, 4) is 0 Å². The van der Waals surface area contributed by atoms with Crippen molar-refractivity contribution in [3.63, 3.8) is 0 Å². The zero-order chi connectivity index (χ0) is 13.4. The lowest BCUT2D eigenvalue weighted by atomic mass is 10.2. The highest BCUT2D eigenvalue weighted by molar-refractivity contribution is 7.99. The van der Waals surface area contributed by atoms with Crippen molar-refractivity contribution in [2.45, 2.75) is 50.1 Å². The van der Waals surface area contributed by atoms with Crippen molar-refractivity contribution in [1.82, 2.24) is 0 Å². The molecular formula is C14H19F3S. The van der Waals surface area contributed by atoms with Crippen LogP contribution in [0.2, 0.25) is 0 Å². The summed E-state index contributed by atoms with van der Waals surface area (Å²) in [7, 11) is 0. The number of halogens is 3. The van der Waals surface area contributed by atoms with Crippen LogP contribution >= 0.6 is 11.8 Å². The Labute approximate surface area is 111 Å². The molecule has 0 atom stereocenters. The molecule has 18 heavy (non-hydrogen) atoms. The zero-order valence-corrected chi connectivity index (χ0v) is 11.4. The minimum Gasteiger partial charge on any atom is -0.166 e. The number of unbranched alkanes of at least 4 members (excludes halogenated alkanes) is 4. The van der Waals surface area contributed by atoms with Crippen molar-refractivity contribution in [2.24, 2.45) is 0 Å². The molecule has 0 radical (unpaired) electrons. The third kappa shape index (κ3) is 5.80. The molecule has 0 heterocycles. The smallest absolute Gasteiger partial charge is 0.166 e. The summed E-state index contributed by atoms with van der Waals surface area (Å²) in [5, 5.41) is 0. The minimum atomic E-state index is -4.23. The van der Waals surface area contributed by atoms with E-state index in [1.165, 1.54) is 25.7 Å². The van der Waals surface area contributed by atoms with Gasteiger partial charge in [0, 0.05) is 4.90 Å². The van der Waals surface area contributed by atoms with Crippen LogP contribution in [0.1, 0.15) is 44.6 Å². The Bertz CT molecular complexity index is 330. The summed E-state index contributed by atoms with van der Waals surface area (Å²) in [6.45, 7) is 2.18. The van der Waals surface area contributed by atoms with Crippen molar-refractivity contribution < 1.29 is 13.2 Å². The Morgan fingerprint density at radius 3 is 2.11 bits per heavy atom. The first-order valence-electron chi connectivity index (χ1n) is 6.34. The first-order valence-corrected chi connectivity index (χ1v) is 7.32. The molecule has 0 saturated carbocycles. The van der Waals surface area contributed by atoms with Gasteiger partial charge in [-0.2, -0.15) is 13.2 Å². The Balaban J connectivity index is 2.27. The molecule has 0 aromatic heterocycles. The van der Waals surface area contributed by atoms with E-state index in [4.69, 9.17) is 0 Å². The first-order chi connectivity index (χ1) is 8.54. The Morgan fingerprint density at radius 1 is 0.944 bits per heavy atom. The van der Waals surface area contributed by atoms with Crippen molar-refractivity contribution in [3.05, 3.63) is 29.8 Å². The van der Waals surface area contributed by atoms with Gasteiger partial charge in [0.25, 0.3) is 0 Å². The average molecular weight is 276 g/mol. The normalized spacial score (nSPS) is 11.8. The van der Waals surface area contributed by atoms with Gasteiger partial charge in [-0.3, -0.25) is 0 Å². The van der Waals surface area contributed by atoms with Gasteiger partial charge in [-0.15, -0.1) is 11.8 Å². The van der Waals surface area contributed by atoms with Gasteiger partial charge in [-0.25, -0.2) is 0 Å². The zero-order valence-electron chi connectivity index (χ0n) is 10.6. The molecule has 0 fully saturated rings. The van der Waals surface area contributed by atoms with Gasteiger partial charge in [0.15, 0.2) is 0 Å². The molecule has 1 rings (SSSR count). The number of thioether (sulfide) groups is 1. The molecule has 1 aromatic rings. The topological polar surface area (TPSA) is 0 Å². The summed E-state index contributed by atoms with van der Waals surface area (Å²) in [4.78, 5) is 0.915. The van der Waals surface area contributed by atoms with E-state index in [0.717, 1.165) is 29.2 Å². The van der Waals surface area contributed by atoms with Crippen LogP contribution in [0, 0.1) is 0 Å². The number of hydrogen-bond donors (Lipinski definition) is 0. The second-order valence-corrected chi connectivity index (χ2v) is 5.45. The molecule has 0 aliphatic rings. The van der Waals surface area contributed by atoms with Gasteiger partial charge >= 0.3 is 6.18 Å². The van der Waals surface area contributed by atoms with Crippen molar-refractivity contribution >= 4 is 11.8 Å². The van der Waals surface area contributed by atoms with Crippen LogP contribution in [0.15, 0.2) is 29.2 Å². The van der Waals surface area contributed by atoms with Crippen LogP contribution in [0.5, 0.6) is 0 Å². The number of rotatable bonds is 7. The fraction of sp³-hybridized carbons (Fsp3) is 0.571. The summed E-state index contributed by atoms with van der Waals surface area (Å²) < 4.78 is 37.0. The lowest BCUT2D eigenvalue weighted by Crippen LogP contribution is -2.03. The molecule has 0 aliphatic heterocycles.